The summed E-state index contributed by atoms with van der Waals surface area (Å²) in [5, 5.41) is 13.0. The van der Waals surface area contributed by atoms with Crippen LogP contribution in [0.3, 0.4) is 0 Å². The summed E-state index contributed by atoms with van der Waals surface area (Å²) in [4.78, 5) is 12.8. The van der Waals surface area contributed by atoms with Gasteiger partial charge in [0.05, 0.1) is 18.0 Å². The number of aliphatic hydroxyl groups is 1. The SMILES string of the molecule is OC(Cc1csc(-c2cnccn2)n1)c1ccccc1. The molecule has 2 aromatic heterocycles. The van der Waals surface area contributed by atoms with Crippen LogP contribution in [0.5, 0.6) is 0 Å². The van der Waals surface area contributed by atoms with Gasteiger partial charge in [0, 0.05) is 24.2 Å². The Balaban J connectivity index is 1.75. The van der Waals surface area contributed by atoms with E-state index in [1.165, 1.54) is 11.3 Å². The van der Waals surface area contributed by atoms with Crippen LogP contribution >= 0.6 is 11.3 Å². The molecule has 0 saturated carbocycles. The van der Waals surface area contributed by atoms with Crippen molar-refractivity contribution in [1.29, 1.82) is 0 Å². The van der Waals surface area contributed by atoms with Crippen LogP contribution in [0.4, 0.5) is 0 Å². The third kappa shape index (κ3) is 2.89. The molecule has 1 aromatic carbocycles. The van der Waals surface area contributed by atoms with E-state index in [-0.39, 0.29) is 0 Å². The lowest BCUT2D eigenvalue weighted by atomic mass is 10.1. The number of thiazole rings is 1. The van der Waals surface area contributed by atoms with Gasteiger partial charge in [-0.15, -0.1) is 11.3 Å². The van der Waals surface area contributed by atoms with E-state index in [2.05, 4.69) is 15.0 Å². The zero-order valence-corrected chi connectivity index (χ0v) is 11.5. The summed E-state index contributed by atoms with van der Waals surface area (Å²) in [6.45, 7) is 0. The van der Waals surface area contributed by atoms with Gasteiger partial charge in [-0.1, -0.05) is 30.3 Å². The van der Waals surface area contributed by atoms with Crippen LogP contribution in [-0.2, 0) is 6.42 Å². The highest BCUT2D eigenvalue weighted by atomic mass is 32.1. The van der Waals surface area contributed by atoms with Crippen LogP contribution in [0.15, 0.2) is 54.3 Å². The van der Waals surface area contributed by atoms with E-state index in [1.54, 1.807) is 18.6 Å². The molecule has 0 saturated heterocycles. The van der Waals surface area contributed by atoms with Crippen LogP contribution in [0.1, 0.15) is 17.4 Å². The molecule has 0 aliphatic rings. The van der Waals surface area contributed by atoms with Gasteiger partial charge in [-0.25, -0.2) is 4.98 Å². The first-order valence-corrected chi connectivity index (χ1v) is 7.14. The molecule has 3 rings (SSSR count). The van der Waals surface area contributed by atoms with E-state index in [1.807, 2.05) is 35.7 Å². The number of benzene rings is 1. The third-order valence-electron chi connectivity index (χ3n) is 2.92. The number of aromatic nitrogens is 3. The van der Waals surface area contributed by atoms with E-state index < -0.39 is 6.10 Å². The minimum Gasteiger partial charge on any atom is -0.388 e. The molecule has 3 aromatic rings. The molecule has 1 atom stereocenters. The van der Waals surface area contributed by atoms with Crippen LogP contribution in [0.25, 0.3) is 10.7 Å². The first-order chi connectivity index (χ1) is 9.83. The van der Waals surface area contributed by atoms with Crippen LogP contribution in [-0.4, -0.2) is 20.1 Å². The maximum atomic E-state index is 10.2. The van der Waals surface area contributed by atoms with E-state index in [4.69, 9.17) is 0 Å². The molecule has 4 nitrogen and oxygen atoms in total. The smallest absolute Gasteiger partial charge is 0.143 e. The zero-order valence-electron chi connectivity index (χ0n) is 10.7. The molecule has 0 aliphatic heterocycles. The molecule has 1 unspecified atom stereocenters. The number of hydrogen-bond donors (Lipinski definition) is 1. The van der Waals surface area contributed by atoms with Crippen molar-refractivity contribution in [2.75, 3.05) is 0 Å². The van der Waals surface area contributed by atoms with Crippen molar-refractivity contribution >= 4 is 11.3 Å². The average Bonchev–Trinajstić information content (AvgIpc) is 2.97. The van der Waals surface area contributed by atoms with Gasteiger partial charge in [-0.3, -0.25) is 9.97 Å². The second-order valence-corrected chi connectivity index (χ2v) is 5.22. The van der Waals surface area contributed by atoms with Crippen LogP contribution in [0, 0.1) is 0 Å². The van der Waals surface area contributed by atoms with E-state index >= 15 is 0 Å². The molecule has 2 heterocycles. The highest BCUT2D eigenvalue weighted by Crippen LogP contribution is 2.24. The van der Waals surface area contributed by atoms with Gasteiger partial charge in [0.15, 0.2) is 0 Å². The minimum atomic E-state index is -0.534. The maximum Gasteiger partial charge on any atom is 0.143 e. The van der Waals surface area contributed by atoms with E-state index in [9.17, 15) is 5.11 Å². The summed E-state index contributed by atoms with van der Waals surface area (Å²) < 4.78 is 0. The second kappa shape index (κ2) is 5.90. The number of aliphatic hydroxyl groups excluding tert-OH is 1. The molecule has 5 heteroatoms. The summed E-state index contributed by atoms with van der Waals surface area (Å²) in [6.07, 6.45) is 4.94. The molecule has 0 amide bonds. The Morgan fingerprint density at radius 3 is 2.75 bits per heavy atom. The van der Waals surface area contributed by atoms with Gasteiger partial charge in [-0.05, 0) is 5.56 Å². The molecular formula is C15H13N3OS. The molecule has 0 spiro atoms. The lowest BCUT2D eigenvalue weighted by Crippen LogP contribution is -2.01. The van der Waals surface area contributed by atoms with E-state index in [0.717, 1.165) is 22.0 Å². The molecule has 0 radical (unpaired) electrons. The fraction of sp³-hybridized carbons (Fsp3) is 0.133. The fourth-order valence-corrected chi connectivity index (χ4v) is 2.71. The van der Waals surface area contributed by atoms with Crippen molar-refractivity contribution in [3.05, 3.63) is 65.6 Å². The third-order valence-corrected chi connectivity index (χ3v) is 3.83. The van der Waals surface area contributed by atoms with Gasteiger partial charge in [0.1, 0.15) is 10.7 Å². The van der Waals surface area contributed by atoms with Crippen molar-refractivity contribution < 1.29 is 5.11 Å². The molecule has 100 valence electrons. The predicted octanol–water partition coefficient (Wildman–Crippen LogP) is 2.88. The molecule has 0 aliphatic carbocycles. The van der Waals surface area contributed by atoms with Gasteiger partial charge < -0.3 is 5.11 Å². The van der Waals surface area contributed by atoms with Crippen molar-refractivity contribution in [3.63, 3.8) is 0 Å². The Bertz CT molecular complexity index is 670. The summed E-state index contributed by atoms with van der Waals surface area (Å²) in [5.74, 6) is 0. The summed E-state index contributed by atoms with van der Waals surface area (Å²) in [7, 11) is 0. The second-order valence-electron chi connectivity index (χ2n) is 4.37. The Labute approximate surface area is 120 Å². The number of hydrogen-bond acceptors (Lipinski definition) is 5. The quantitative estimate of drug-likeness (QED) is 0.800. The Kier molecular flexibility index (Phi) is 3.80. The van der Waals surface area contributed by atoms with Crippen molar-refractivity contribution in [1.82, 2.24) is 15.0 Å². The first kappa shape index (κ1) is 12.9. The van der Waals surface area contributed by atoms with Crippen molar-refractivity contribution in [3.8, 4) is 10.7 Å². The maximum absolute atomic E-state index is 10.2. The van der Waals surface area contributed by atoms with Crippen LogP contribution in [0.2, 0.25) is 0 Å². The molecule has 0 bridgehead atoms. The normalized spacial score (nSPS) is 12.2. The molecule has 0 fully saturated rings. The first-order valence-electron chi connectivity index (χ1n) is 6.27. The van der Waals surface area contributed by atoms with Gasteiger partial charge in [0.25, 0.3) is 0 Å². The minimum absolute atomic E-state index is 0.501. The number of rotatable bonds is 4. The predicted molar refractivity (Wildman–Crippen MR) is 78.2 cm³/mol. The standard InChI is InChI=1S/C15H13N3OS/c19-14(11-4-2-1-3-5-11)8-12-10-20-15(18-12)13-9-16-6-7-17-13/h1-7,9-10,14,19H,8H2. The number of nitrogens with zero attached hydrogens (tertiary/aromatic N) is 3. The van der Waals surface area contributed by atoms with Crippen molar-refractivity contribution in [2.24, 2.45) is 0 Å². The lowest BCUT2D eigenvalue weighted by molar-refractivity contribution is 0.177. The fourth-order valence-electron chi connectivity index (χ4n) is 1.92. The van der Waals surface area contributed by atoms with Gasteiger partial charge in [-0.2, -0.15) is 0 Å². The molecule has 20 heavy (non-hydrogen) atoms. The highest BCUT2D eigenvalue weighted by molar-refractivity contribution is 7.13. The largest absolute Gasteiger partial charge is 0.388 e. The average molecular weight is 283 g/mol. The zero-order chi connectivity index (χ0) is 13.8. The Hall–Kier alpha value is -2.11. The summed E-state index contributed by atoms with van der Waals surface area (Å²) in [6, 6.07) is 9.61. The summed E-state index contributed by atoms with van der Waals surface area (Å²) in [5.41, 5.74) is 2.53. The Morgan fingerprint density at radius 2 is 2.00 bits per heavy atom. The van der Waals surface area contributed by atoms with Gasteiger partial charge in [0.2, 0.25) is 0 Å². The lowest BCUT2D eigenvalue weighted by Gasteiger charge is -2.08. The van der Waals surface area contributed by atoms with Gasteiger partial charge >= 0.3 is 0 Å². The van der Waals surface area contributed by atoms with E-state index in [0.29, 0.717) is 6.42 Å². The molecule has 1 N–H and O–H groups in total. The monoisotopic (exact) mass is 283 g/mol. The topological polar surface area (TPSA) is 58.9 Å². The highest BCUT2D eigenvalue weighted by Gasteiger charge is 2.12. The van der Waals surface area contributed by atoms with Crippen LogP contribution < -0.4 is 0 Å². The summed E-state index contributed by atoms with van der Waals surface area (Å²) >= 11 is 1.52. The van der Waals surface area contributed by atoms with Crippen molar-refractivity contribution in [2.45, 2.75) is 12.5 Å². The Morgan fingerprint density at radius 1 is 1.15 bits per heavy atom. The molecular weight excluding hydrogens is 270 g/mol.